The van der Waals surface area contributed by atoms with Crippen molar-refractivity contribution >= 4 is 0 Å². The molecule has 0 bridgehead atoms. The van der Waals surface area contributed by atoms with Gasteiger partial charge < -0.3 is 5.73 Å². The number of rotatable bonds is 5. The molecule has 0 saturated carbocycles. The second-order valence-electron chi connectivity index (χ2n) is 1.50. The van der Waals surface area contributed by atoms with Crippen molar-refractivity contribution in [3.05, 3.63) is 20.2 Å². The Hall–Kier alpha value is -1.64. The molecular formula is C2H7N5O4. The van der Waals surface area contributed by atoms with E-state index in [1.165, 1.54) is 0 Å². The number of nitrogens with two attached hydrogens (primary N) is 1. The Balaban J connectivity index is 3.70. The first-order chi connectivity index (χ1) is 5.07. The van der Waals surface area contributed by atoms with Crippen LogP contribution in [-0.2, 0) is 0 Å². The molecule has 0 fully saturated rings. The fourth-order valence-corrected chi connectivity index (χ4v) is 0.328. The highest BCUT2D eigenvalue weighted by Crippen LogP contribution is 1.79. The van der Waals surface area contributed by atoms with Gasteiger partial charge in [-0.15, -0.1) is 5.43 Å². The number of hydrogen-bond acceptors (Lipinski definition) is 5. The highest BCUT2D eigenvalue weighted by atomic mass is 16.7. The normalized spacial score (nSPS) is 8.82. The van der Waals surface area contributed by atoms with E-state index in [-0.39, 0.29) is 6.67 Å². The maximum absolute atomic E-state index is 9.93. The maximum atomic E-state index is 9.93. The molecule has 3 N–H and O–H groups in total. The summed E-state index contributed by atoms with van der Waals surface area (Å²) in [4.78, 5) is 19.6. The average molecular weight is 165 g/mol. The van der Waals surface area contributed by atoms with Crippen LogP contribution in [0.4, 0.5) is 0 Å². The molecule has 0 radical (unpaired) electrons. The van der Waals surface area contributed by atoms with E-state index in [1.54, 1.807) is 5.43 Å². The van der Waals surface area contributed by atoms with Crippen LogP contribution in [0.3, 0.4) is 0 Å². The molecule has 0 spiro atoms. The number of hydrazine groups is 2. The van der Waals surface area contributed by atoms with Crippen LogP contribution in [0.1, 0.15) is 0 Å². The summed E-state index contributed by atoms with van der Waals surface area (Å²) in [5.41, 5.74) is 6.49. The summed E-state index contributed by atoms with van der Waals surface area (Å²) in [5, 5.41) is 18.3. The van der Waals surface area contributed by atoms with E-state index < -0.39 is 16.7 Å². The molecule has 0 aromatic heterocycles. The lowest BCUT2D eigenvalue weighted by atomic mass is 10.9. The van der Waals surface area contributed by atoms with Crippen molar-refractivity contribution in [2.24, 2.45) is 5.73 Å². The Morgan fingerprint density at radius 1 is 1.45 bits per heavy atom. The summed E-state index contributed by atoms with van der Waals surface area (Å²) in [6.45, 7) is -0.898. The van der Waals surface area contributed by atoms with E-state index in [2.05, 4.69) is 0 Å². The maximum Gasteiger partial charge on any atom is 0.206 e. The summed E-state index contributed by atoms with van der Waals surface area (Å²) >= 11 is 0. The van der Waals surface area contributed by atoms with Crippen LogP contribution < -0.4 is 11.2 Å². The van der Waals surface area contributed by atoms with Crippen molar-refractivity contribution in [2.75, 3.05) is 13.3 Å². The molecule has 0 saturated heterocycles. The minimum atomic E-state index is -0.883. The lowest BCUT2D eigenvalue weighted by molar-refractivity contribution is -0.671. The number of hydrogen-bond donors (Lipinski definition) is 2. The van der Waals surface area contributed by atoms with E-state index in [1.807, 2.05) is 0 Å². The zero-order valence-electron chi connectivity index (χ0n) is 5.47. The largest absolute Gasteiger partial charge is 0.309 e. The van der Waals surface area contributed by atoms with Gasteiger partial charge in [-0.25, -0.2) is 20.2 Å². The standard InChI is InChI=1S/C2H7N5O4/c3-1-5(7(10)11)2-4-6(8)9/h4H,1-3H2. The van der Waals surface area contributed by atoms with Gasteiger partial charge in [-0.2, -0.15) is 0 Å². The van der Waals surface area contributed by atoms with Crippen LogP contribution in [0.5, 0.6) is 0 Å². The number of nitrogens with one attached hydrogen (secondary N) is 1. The summed E-state index contributed by atoms with van der Waals surface area (Å²) in [5.74, 6) is 0. The SMILES string of the molecule is NCN(CN[N+](=O)[O-])[N+](=O)[O-]. The minimum Gasteiger partial charge on any atom is -0.309 e. The zero-order valence-corrected chi connectivity index (χ0v) is 5.47. The summed E-state index contributed by atoms with van der Waals surface area (Å²) < 4.78 is 0. The topological polar surface area (TPSA) is 128 Å². The fourth-order valence-electron chi connectivity index (χ4n) is 0.328. The molecule has 0 aliphatic rings. The monoisotopic (exact) mass is 165 g/mol. The molecule has 64 valence electrons. The Morgan fingerprint density at radius 3 is 2.27 bits per heavy atom. The lowest BCUT2D eigenvalue weighted by Gasteiger charge is -2.07. The molecule has 0 rings (SSSR count). The summed E-state index contributed by atoms with van der Waals surface area (Å²) in [6.07, 6.45) is 0. The van der Waals surface area contributed by atoms with E-state index in [4.69, 9.17) is 5.73 Å². The van der Waals surface area contributed by atoms with Crippen LogP contribution in [0.25, 0.3) is 0 Å². The molecule has 0 heterocycles. The van der Waals surface area contributed by atoms with Crippen LogP contribution in [0.15, 0.2) is 0 Å². The first-order valence-electron chi connectivity index (χ1n) is 2.55. The van der Waals surface area contributed by atoms with Gasteiger partial charge in [0.15, 0.2) is 10.1 Å². The van der Waals surface area contributed by atoms with Gasteiger partial charge in [-0.1, -0.05) is 5.01 Å². The van der Waals surface area contributed by atoms with Crippen molar-refractivity contribution in [3.63, 3.8) is 0 Å². The van der Waals surface area contributed by atoms with Crippen molar-refractivity contribution in [1.82, 2.24) is 10.4 Å². The van der Waals surface area contributed by atoms with Gasteiger partial charge in [0.2, 0.25) is 6.67 Å². The number of nitro groups is 2. The summed E-state index contributed by atoms with van der Waals surface area (Å²) in [6, 6.07) is 0. The van der Waals surface area contributed by atoms with Gasteiger partial charge in [0, 0.05) is 0 Å². The van der Waals surface area contributed by atoms with Gasteiger partial charge in [0.05, 0.1) is 0 Å². The van der Waals surface area contributed by atoms with Gasteiger partial charge in [-0.3, -0.25) is 0 Å². The average Bonchev–Trinajstić information content (AvgIpc) is 1.87. The third-order valence-corrected chi connectivity index (χ3v) is 0.824. The van der Waals surface area contributed by atoms with E-state index in [0.717, 1.165) is 0 Å². The molecular weight excluding hydrogens is 158 g/mol. The van der Waals surface area contributed by atoms with Crippen LogP contribution in [-0.4, -0.2) is 28.4 Å². The molecule has 0 aliphatic heterocycles. The lowest BCUT2D eigenvalue weighted by Crippen LogP contribution is -2.43. The van der Waals surface area contributed by atoms with Crippen LogP contribution in [0.2, 0.25) is 0 Å². The third kappa shape index (κ3) is 3.86. The van der Waals surface area contributed by atoms with Gasteiger partial charge in [-0.05, 0) is 0 Å². The van der Waals surface area contributed by atoms with E-state index in [9.17, 15) is 20.2 Å². The second-order valence-corrected chi connectivity index (χ2v) is 1.50. The van der Waals surface area contributed by atoms with E-state index in [0.29, 0.717) is 5.01 Å². The molecule has 0 aromatic carbocycles. The smallest absolute Gasteiger partial charge is 0.206 e. The molecule has 0 aliphatic carbocycles. The Kier molecular flexibility index (Phi) is 3.59. The van der Waals surface area contributed by atoms with E-state index >= 15 is 0 Å². The molecule has 0 aromatic rings. The Labute approximate surface area is 61.0 Å². The third-order valence-electron chi connectivity index (χ3n) is 0.824. The molecule has 9 heteroatoms. The van der Waals surface area contributed by atoms with Crippen molar-refractivity contribution in [1.29, 1.82) is 0 Å². The molecule has 0 atom stereocenters. The molecule has 11 heavy (non-hydrogen) atoms. The van der Waals surface area contributed by atoms with Crippen LogP contribution >= 0.6 is 0 Å². The number of nitrogens with zero attached hydrogens (tertiary/aromatic N) is 3. The quantitative estimate of drug-likeness (QED) is 0.277. The molecule has 0 unspecified atom stereocenters. The zero-order chi connectivity index (χ0) is 8.85. The Morgan fingerprint density at radius 2 is 2.00 bits per heavy atom. The molecule has 9 nitrogen and oxygen atoms in total. The fraction of sp³-hybridized carbons (Fsp3) is 1.00. The van der Waals surface area contributed by atoms with Crippen molar-refractivity contribution in [3.8, 4) is 0 Å². The molecule has 0 amide bonds. The van der Waals surface area contributed by atoms with Crippen molar-refractivity contribution < 1.29 is 10.1 Å². The second kappa shape index (κ2) is 4.22. The predicted octanol–water partition coefficient (Wildman–Crippen LogP) is -1.86. The van der Waals surface area contributed by atoms with Gasteiger partial charge in [0.1, 0.15) is 6.67 Å². The predicted molar refractivity (Wildman–Crippen MR) is 32.9 cm³/mol. The summed E-state index contributed by atoms with van der Waals surface area (Å²) in [7, 11) is 0. The highest BCUT2D eigenvalue weighted by Gasteiger charge is 2.12. The van der Waals surface area contributed by atoms with Gasteiger partial charge in [0.25, 0.3) is 0 Å². The minimum absolute atomic E-state index is 0.381. The van der Waals surface area contributed by atoms with Crippen molar-refractivity contribution in [2.45, 2.75) is 0 Å². The first-order valence-corrected chi connectivity index (χ1v) is 2.55. The highest BCUT2D eigenvalue weighted by molar-refractivity contribution is 4.29. The first kappa shape index (κ1) is 9.36. The Bertz CT molecular complexity index is 159. The van der Waals surface area contributed by atoms with Crippen LogP contribution in [0, 0.1) is 20.2 Å². The van der Waals surface area contributed by atoms with Gasteiger partial charge >= 0.3 is 0 Å².